The second-order valence-corrected chi connectivity index (χ2v) is 4.99. The molecule has 0 bridgehead atoms. The molecule has 3 N–H and O–H groups in total. The number of anilines is 2. The highest BCUT2D eigenvalue weighted by Crippen LogP contribution is 2.26. The predicted octanol–water partition coefficient (Wildman–Crippen LogP) is 3.32. The van der Waals surface area contributed by atoms with E-state index in [0.29, 0.717) is 23.2 Å². The second kappa shape index (κ2) is 6.72. The molecule has 96 valence electrons. The summed E-state index contributed by atoms with van der Waals surface area (Å²) in [7, 11) is 0. The summed E-state index contributed by atoms with van der Waals surface area (Å²) in [6.45, 7) is 8.54. The van der Waals surface area contributed by atoms with Crippen LogP contribution in [0.25, 0.3) is 0 Å². The standard InChI is InChI=1S/C13H21ClN2O/c1-9(2)8-17-5-4-16-13-7-11(14)12(15)6-10(13)3/h6-7,9,16H,4-5,8,15H2,1-3H3. The van der Waals surface area contributed by atoms with Crippen molar-refractivity contribution < 1.29 is 4.74 Å². The first-order valence-corrected chi connectivity index (χ1v) is 6.25. The minimum atomic E-state index is 0.572. The quantitative estimate of drug-likeness (QED) is 0.606. The Morgan fingerprint density at radius 3 is 2.76 bits per heavy atom. The van der Waals surface area contributed by atoms with Crippen molar-refractivity contribution in [1.82, 2.24) is 0 Å². The normalized spacial score (nSPS) is 10.9. The molecule has 1 aromatic carbocycles. The molecule has 0 aliphatic rings. The number of benzene rings is 1. The molecular formula is C13H21ClN2O. The van der Waals surface area contributed by atoms with Crippen LogP contribution in [0, 0.1) is 12.8 Å². The Labute approximate surface area is 108 Å². The van der Waals surface area contributed by atoms with Crippen LogP contribution in [0.3, 0.4) is 0 Å². The average molecular weight is 257 g/mol. The number of nitrogens with one attached hydrogen (secondary N) is 1. The maximum Gasteiger partial charge on any atom is 0.0656 e. The lowest BCUT2D eigenvalue weighted by Crippen LogP contribution is -2.12. The molecule has 3 nitrogen and oxygen atoms in total. The Balaban J connectivity index is 2.39. The summed E-state index contributed by atoms with van der Waals surface area (Å²) in [5.41, 5.74) is 8.44. The van der Waals surface area contributed by atoms with Gasteiger partial charge in [0, 0.05) is 18.8 Å². The van der Waals surface area contributed by atoms with Crippen molar-refractivity contribution in [2.75, 3.05) is 30.8 Å². The van der Waals surface area contributed by atoms with Gasteiger partial charge in [-0.25, -0.2) is 0 Å². The highest BCUT2D eigenvalue weighted by Gasteiger charge is 2.03. The molecule has 0 saturated carbocycles. The van der Waals surface area contributed by atoms with E-state index in [1.54, 1.807) is 0 Å². The zero-order valence-corrected chi connectivity index (χ0v) is 11.5. The van der Waals surface area contributed by atoms with Gasteiger partial charge in [-0.3, -0.25) is 0 Å². The largest absolute Gasteiger partial charge is 0.398 e. The van der Waals surface area contributed by atoms with Gasteiger partial charge < -0.3 is 15.8 Å². The van der Waals surface area contributed by atoms with E-state index in [4.69, 9.17) is 22.1 Å². The smallest absolute Gasteiger partial charge is 0.0656 e. The van der Waals surface area contributed by atoms with Crippen molar-refractivity contribution in [3.8, 4) is 0 Å². The number of ether oxygens (including phenoxy) is 1. The summed E-state index contributed by atoms with van der Waals surface area (Å²) in [5.74, 6) is 0.572. The number of rotatable bonds is 6. The topological polar surface area (TPSA) is 47.3 Å². The van der Waals surface area contributed by atoms with Gasteiger partial charge in [-0.05, 0) is 30.5 Å². The second-order valence-electron chi connectivity index (χ2n) is 4.58. The minimum Gasteiger partial charge on any atom is -0.398 e. The van der Waals surface area contributed by atoms with Gasteiger partial charge in [0.25, 0.3) is 0 Å². The van der Waals surface area contributed by atoms with E-state index >= 15 is 0 Å². The Kier molecular flexibility index (Phi) is 5.59. The Morgan fingerprint density at radius 1 is 1.41 bits per heavy atom. The molecule has 0 aliphatic carbocycles. The fraction of sp³-hybridized carbons (Fsp3) is 0.538. The molecule has 4 heteroatoms. The Bertz CT molecular complexity index is 367. The zero-order chi connectivity index (χ0) is 12.8. The van der Waals surface area contributed by atoms with Crippen LogP contribution in [0.4, 0.5) is 11.4 Å². The molecule has 17 heavy (non-hydrogen) atoms. The summed E-state index contributed by atoms with van der Waals surface area (Å²) in [5, 5.41) is 3.87. The first-order chi connectivity index (χ1) is 8.00. The van der Waals surface area contributed by atoms with Crippen molar-refractivity contribution in [1.29, 1.82) is 0 Å². The van der Waals surface area contributed by atoms with E-state index < -0.39 is 0 Å². The summed E-state index contributed by atoms with van der Waals surface area (Å²) in [4.78, 5) is 0. The van der Waals surface area contributed by atoms with E-state index in [9.17, 15) is 0 Å². The van der Waals surface area contributed by atoms with Crippen LogP contribution in [0.15, 0.2) is 12.1 Å². The molecule has 1 aromatic rings. The molecule has 0 spiro atoms. The average Bonchev–Trinajstić information content (AvgIpc) is 2.24. The summed E-state index contributed by atoms with van der Waals surface area (Å²) < 4.78 is 5.49. The van der Waals surface area contributed by atoms with Gasteiger partial charge in [0.2, 0.25) is 0 Å². The lowest BCUT2D eigenvalue weighted by atomic mass is 10.2. The van der Waals surface area contributed by atoms with E-state index in [1.807, 2.05) is 19.1 Å². The van der Waals surface area contributed by atoms with Gasteiger partial charge in [-0.15, -0.1) is 0 Å². The van der Waals surface area contributed by atoms with Crippen LogP contribution in [0.1, 0.15) is 19.4 Å². The van der Waals surface area contributed by atoms with Gasteiger partial charge in [-0.1, -0.05) is 25.4 Å². The number of nitrogen functional groups attached to an aromatic ring is 1. The van der Waals surface area contributed by atoms with E-state index in [1.165, 1.54) is 0 Å². The molecule has 0 aromatic heterocycles. The summed E-state index contributed by atoms with van der Waals surface area (Å²) in [6.07, 6.45) is 0. The number of hydrogen-bond donors (Lipinski definition) is 2. The molecule has 0 saturated heterocycles. The molecular weight excluding hydrogens is 236 g/mol. The van der Waals surface area contributed by atoms with Crippen LogP contribution in [0.2, 0.25) is 5.02 Å². The van der Waals surface area contributed by atoms with E-state index in [0.717, 1.165) is 24.4 Å². The monoisotopic (exact) mass is 256 g/mol. The van der Waals surface area contributed by atoms with Crippen LogP contribution in [-0.4, -0.2) is 19.8 Å². The van der Waals surface area contributed by atoms with E-state index in [-0.39, 0.29) is 0 Å². The van der Waals surface area contributed by atoms with Crippen molar-refractivity contribution in [3.63, 3.8) is 0 Å². The van der Waals surface area contributed by atoms with Crippen molar-refractivity contribution in [2.24, 2.45) is 5.92 Å². The van der Waals surface area contributed by atoms with Crippen molar-refractivity contribution in [2.45, 2.75) is 20.8 Å². The third kappa shape index (κ3) is 4.84. The van der Waals surface area contributed by atoms with Crippen LogP contribution in [-0.2, 0) is 4.74 Å². The summed E-state index contributed by atoms with van der Waals surface area (Å²) in [6, 6.07) is 3.73. The lowest BCUT2D eigenvalue weighted by molar-refractivity contribution is 0.118. The first-order valence-electron chi connectivity index (χ1n) is 5.88. The number of nitrogens with two attached hydrogens (primary N) is 1. The predicted molar refractivity (Wildman–Crippen MR) is 74.7 cm³/mol. The molecule has 0 fully saturated rings. The molecule has 0 unspecified atom stereocenters. The van der Waals surface area contributed by atoms with Crippen molar-refractivity contribution in [3.05, 3.63) is 22.7 Å². The number of hydrogen-bond acceptors (Lipinski definition) is 3. The highest BCUT2D eigenvalue weighted by molar-refractivity contribution is 6.33. The van der Waals surface area contributed by atoms with E-state index in [2.05, 4.69) is 19.2 Å². The van der Waals surface area contributed by atoms with Gasteiger partial charge in [0.15, 0.2) is 0 Å². The fourth-order valence-electron chi connectivity index (χ4n) is 1.47. The lowest BCUT2D eigenvalue weighted by Gasteiger charge is -2.12. The molecule has 0 radical (unpaired) electrons. The van der Waals surface area contributed by atoms with Crippen LogP contribution >= 0.6 is 11.6 Å². The van der Waals surface area contributed by atoms with Gasteiger partial charge in [-0.2, -0.15) is 0 Å². The Morgan fingerprint density at radius 2 is 2.12 bits per heavy atom. The minimum absolute atomic E-state index is 0.572. The number of aryl methyl sites for hydroxylation is 1. The first kappa shape index (κ1) is 14.1. The Hall–Kier alpha value is -0.930. The highest BCUT2D eigenvalue weighted by atomic mass is 35.5. The van der Waals surface area contributed by atoms with Crippen molar-refractivity contribution >= 4 is 23.0 Å². The molecule has 0 heterocycles. The maximum atomic E-state index is 5.97. The molecule has 1 rings (SSSR count). The van der Waals surface area contributed by atoms with Gasteiger partial charge in [0.05, 0.1) is 17.3 Å². The molecule has 0 aliphatic heterocycles. The fourth-order valence-corrected chi connectivity index (χ4v) is 1.63. The van der Waals surface area contributed by atoms with Gasteiger partial charge >= 0.3 is 0 Å². The summed E-state index contributed by atoms with van der Waals surface area (Å²) >= 11 is 5.97. The SMILES string of the molecule is Cc1cc(N)c(Cl)cc1NCCOCC(C)C. The van der Waals surface area contributed by atoms with Crippen LogP contribution in [0.5, 0.6) is 0 Å². The third-order valence-electron chi connectivity index (χ3n) is 2.36. The van der Waals surface area contributed by atoms with Crippen LogP contribution < -0.4 is 11.1 Å². The third-order valence-corrected chi connectivity index (χ3v) is 2.68. The molecule has 0 amide bonds. The zero-order valence-electron chi connectivity index (χ0n) is 10.7. The van der Waals surface area contributed by atoms with Gasteiger partial charge in [0.1, 0.15) is 0 Å². The molecule has 0 atom stereocenters. The maximum absolute atomic E-state index is 5.97. The number of halogens is 1.